The van der Waals surface area contributed by atoms with Crippen molar-refractivity contribution in [3.05, 3.63) is 29.8 Å². The second kappa shape index (κ2) is 10.2. The van der Waals surface area contributed by atoms with E-state index in [1.807, 2.05) is 23.9 Å². The van der Waals surface area contributed by atoms with Crippen LogP contribution >= 0.6 is 11.8 Å². The van der Waals surface area contributed by atoms with Gasteiger partial charge in [0.2, 0.25) is 0 Å². The van der Waals surface area contributed by atoms with Crippen LogP contribution in [-0.4, -0.2) is 25.7 Å². The minimum absolute atomic E-state index is 0.414. The summed E-state index contributed by atoms with van der Waals surface area (Å²) in [7, 11) is 1.70. The number of hydrogen-bond acceptors (Lipinski definition) is 3. The van der Waals surface area contributed by atoms with Crippen LogP contribution in [0, 0.1) is 0 Å². The van der Waals surface area contributed by atoms with E-state index in [0.29, 0.717) is 6.04 Å². The number of benzene rings is 1. The first-order valence-corrected chi connectivity index (χ1v) is 8.53. The van der Waals surface area contributed by atoms with Gasteiger partial charge in [0.05, 0.1) is 7.11 Å². The Hall–Kier alpha value is -0.670. The van der Waals surface area contributed by atoms with Crippen LogP contribution < -0.4 is 10.1 Å². The van der Waals surface area contributed by atoms with Crippen molar-refractivity contribution in [2.24, 2.45) is 0 Å². The van der Waals surface area contributed by atoms with Crippen LogP contribution in [0.1, 0.15) is 44.2 Å². The number of methoxy groups -OCH3 is 1. The van der Waals surface area contributed by atoms with Crippen LogP contribution in [0.4, 0.5) is 0 Å². The standard InChI is InChI=1S/C16H27NOS/c1-14(15-8-10-16(18-2)11-9-15)17-12-6-4-5-7-13-19-3/h8-11,14,17H,4-7,12-13H2,1-3H3. The zero-order valence-electron chi connectivity index (χ0n) is 12.4. The van der Waals surface area contributed by atoms with Gasteiger partial charge in [-0.25, -0.2) is 0 Å². The van der Waals surface area contributed by atoms with E-state index in [4.69, 9.17) is 4.74 Å². The van der Waals surface area contributed by atoms with Crippen LogP contribution in [0.3, 0.4) is 0 Å². The van der Waals surface area contributed by atoms with Gasteiger partial charge in [0.25, 0.3) is 0 Å². The molecule has 0 heterocycles. The Labute approximate surface area is 122 Å². The highest BCUT2D eigenvalue weighted by atomic mass is 32.2. The summed E-state index contributed by atoms with van der Waals surface area (Å²) >= 11 is 1.94. The number of rotatable bonds is 10. The minimum Gasteiger partial charge on any atom is -0.497 e. The van der Waals surface area contributed by atoms with Crippen molar-refractivity contribution in [2.75, 3.05) is 25.7 Å². The van der Waals surface area contributed by atoms with Crippen LogP contribution in [0.2, 0.25) is 0 Å². The average molecular weight is 281 g/mol. The van der Waals surface area contributed by atoms with E-state index in [1.54, 1.807) is 7.11 Å². The van der Waals surface area contributed by atoms with Gasteiger partial charge >= 0.3 is 0 Å². The predicted octanol–water partition coefficient (Wildman–Crippen LogP) is 4.27. The molecule has 1 aromatic rings. The van der Waals surface area contributed by atoms with Gasteiger partial charge in [-0.1, -0.05) is 25.0 Å². The predicted molar refractivity (Wildman–Crippen MR) is 86.3 cm³/mol. The summed E-state index contributed by atoms with van der Waals surface area (Å²) in [5.41, 5.74) is 1.32. The molecule has 1 atom stereocenters. The molecule has 0 aliphatic rings. The molecule has 108 valence electrons. The first kappa shape index (κ1) is 16.4. The molecule has 1 aromatic carbocycles. The molecule has 0 aliphatic carbocycles. The first-order chi connectivity index (χ1) is 9.27. The third-order valence-corrected chi connectivity index (χ3v) is 4.04. The number of thioether (sulfide) groups is 1. The molecule has 0 saturated carbocycles. The zero-order valence-corrected chi connectivity index (χ0v) is 13.3. The Morgan fingerprint density at radius 2 is 1.79 bits per heavy atom. The lowest BCUT2D eigenvalue weighted by Gasteiger charge is -2.14. The summed E-state index contributed by atoms with van der Waals surface area (Å²) < 4.78 is 5.17. The molecular formula is C16H27NOS. The maximum atomic E-state index is 5.17. The van der Waals surface area contributed by atoms with Crippen LogP contribution in [0.15, 0.2) is 24.3 Å². The minimum atomic E-state index is 0.414. The largest absolute Gasteiger partial charge is 0.497 e. The molecule has 2 nitrogen and oxygen atoms in total. The van der Waals surface area contributed by atoms with E-state index in [2.05, 4.69) is 30.6 Å². The van der Waals surface area contributed by atoms with Gasteiger partial charge in [-0.2, -0.15) is 11.8 Å². The molecule has 0 aromatic heterocycles. The summed E-state index contributed by atoms with van der Waals surface area (Å²) in [6.45, 7) is 3.32. The summed E-state index contributed by atoms with van der Waals surface area (Å²) in [5.74, 6) is 2.22. The van der Waals surface area contributed by atoms with Gasteiger partial charge in [0.1, 0.15) is 5.75 Å². The van der Waals surface area contributed by atoms with E-state index in [-0.39, 0.29) is 0 Å². The quantitative estimate of drug-likeness (QED) is 0.647. The van der Waals surface area contributed by atoms with Gasteiger partial charge in [-0.15, -0.1) is 0 Å². The molecule has 0 amide bonds. The number of ether oxygens (including phenoxy) is 1. The van der Waals surface area contributed by atoms with Gasteiger partial charge in [0, 0.05) is 6.04 Å². The summed E-state index contributed by atoms with van der Waals surface area (Å²) in [6.07, 6.45) is 7.50. The average Bonchev–Trinajstić information content (AvgIpc) is 2.46. The lowest BCUT2D eigenvalue weighted by molar-refractivity contribution is 0.414. The summed E-state index contributed by atoms with van der Waals surface area (Å²) in [6, 6.07) is 8.73. The number of nitrogens with one attached hydrogen (secondary N) is 1. The lowest BCUT2D eigenvalue weighted by Crippen LogP contribution is -2.19. The normalized spacial score (nSPS) is 12.4. The van der Waals surface area contributed by atoms with E-state index >= 15 is 0 Å². The molecule has 0 saturated heterocycles. The van der Waals surface area contributed by atoms with Crippen molar-refractivity contribution < 1.29 is 4.74 Å². The molecule has 1 N–H and O–H groups in total. The van der Waals surface area contributed by atoms with E-state index in [1.165, 1.54) is 37.0 Å². The molecule has 3 heteroatoms. The highest BCUT2D eigenvalue weighted by molar-refractivity contribution is 7.98. The van der Waals surface area contributed by atoms with Gasteiger partial charge in [-0.05, 0) is 56.0 Å². The van der Waals surface area contributed by atoms with Crippen molar-refractivity contribution in [2.45, 2.75) is 38.6 Å². The molecular weight excluding hydrogens is 254 g/mol. The molecule has 0 bridgehead atoms. The zero-order chi connectivity index (χ0) is 13.9. The van der Waals surface area contributed by atoms with Gasteiger partial charge < -0.3 is 10.1 Å². The molecule has 19 heavy (non-hydrogen) atoms. The molecule has 0 aliphatic heterocycles. The fourth-order valence-electron chi connectivity index (χ4n) is 2.05. The Kier molecular flexibility index (Phi) is 8.76. The molecule has 0 radical (unpaired) electrons. The third-order valence-electron chi connectivity index (χ3n) is 3.34. The van der Waals surface area contributed by atoms with E-state index in [0.717, 1.165) is 12.3 Å². The van der Waals surface area contributed by atoms with Crippen molar-refractivity contribution >= 4 is 11.8 Å². The topological polar surface area (TPSA) is 21.3 Å². The maximum Gasteiger partial charge on any atom is 0.118 e. The van der Waals surface area contributed by atoms with Crippen molar-refractivity contribution in [1.82, 2.24) is 5.32 Å². The third kappa shape index (κ3) is 6.88. The van der Waals surface area contributed by atoms with Gasteiger partial charge in [0.15, 0.2) is 0 Å². The fourth-order valence-corrected chi connectivity index (χ4v) is 2.55. The summed E-state index contributed by atoms with van der Waals surface area (Å²) in [4.78, 5) is 0. The lowest BCUT2D eigenvalue weighted by atomic mass is 10.1. The van der Waals surface area contributed by atoms with E-state index < -0.39 is 0 Å². The Bertz CT molecular complexity index is 326. The Balaban J connectivity index is 2.14. The molecule has 0 fully saturated rings. The Morgan fingerprint density at radius 3 is 2.42 bits per heavy atom. The second-order valence-corrected chi connectivity index (χ2v) is 5.84. The highest BCUT2D eigenvalue weighted by Crippen LogP contribution is 2.17. The number of unbranched alkanes of at least 4 members (excludes halogenated alkanes) is 3. The Morgan fingerprint density at radius 1 is 1.11 bits per heavy atom. The second-order valence-electron chi connectivity index (χ2n) is 4.86. The monoisotopic (exact) mass is 281 g/mol. The molecule has 1 rings (SSSR count). The van der Waals surface area contributed by atoms with Crippen LogP contribution in [-0.2, 0) is 0 Å². The van der Waals surface area contributed by atoms with Crippen LogP contribution in [0.5, 0.6) is 5.75 Å². The maximum absolute atomic E-state index is 5.17. The molecule has 0 spiro atoms. The van der Waals surface area contributed by atoms with Crippen molar-refractivity contribution in [3.8, 4) is 5.75 Å². The fraction of sp³-hybridized carbons (Fsp3) is 0.625. The van der Waals surface area contributed by atoms with E-state index in [9.17, 15) is 0 Å². The molecule has 1 unspecified atom stereocenters. The van der Waals surface area contributed by atoms with Crippen molar-refractivity contribution in [1.29, 1.82) is 0 Å². The van der Waals surface area contributed by atoms with Crippen molar-refractivity contribution in [3.63, 3.8) is 0 Å². The SMILES string of the molecule is COc1ccc(C(C)NCCCCCCSC)cc1. The number of hydrogen-bond donors (Lipinski definition) is 1. The van der Waals surface area contributed by atoms with Gasteiger partial charge in [-0.3, -0.25) is 0 Å². The smallest absolute Gasteiger partial charge is 0.118 e. The summed E-state index contributed by atoms with van der Waals surface area (Å²) in [5, 5.41) is 3.58. The highest BCUT2D eigenvalue weighted by Gasteiger charge is 2.04. The first-order valence-electron chi connectivity index (χ1n) is 7.14. The van der Waals surface area contributed by atoms with Crippen LogP contribution in [0.25, 0.3) is 0 Å².